The van der Waals surface area contributed by atoms with Crippen LogP contribution in [0.25, 0.3) is 22.1 Å². The lowest BCUT2D eigenvalue weighted by atomic mass is 9.83. The molecule has 1 aliphatic carbocycles. The number of aromatic nitrogens is 1. The van der Waals surface area contributed by atoms with Gasteiger partial charge in [0.15, 0.2) is 0 Å². The first-order valence-electron chi connectivity index (χ1n) is 26.2. The number of rotatable bonds is 18. The summed E-state index contributed by atoms with van der Waals surface area (Å²) >= 11 is 1.57. The van der Waals surface area contributed by atoms with Gasteiger partial charge >= 0.3 is 0 Å². The summed E-state index contributed by atoms with van der Waals surface area (Å²) in [6.07, 6.45) is 4.93. The number of piperidine rings is 1. The molecule has 2 fully saturated rings. The second-order valence-electron chi connectivity index (χ2n) is 22.4. The van der Waals surface area contributed by atoms with E-state index in [-0.39, 0.29) is 61.8 Å². The van der Waals surface area contributed by atoms with Crippen LogP contribution < -0.4 is 16.0 Å². The number of aryl methyl sites for hydroxylation is 1. The molecule has 1 aromatic heterocycles. The third kappa shape index (κ3) is 13.6. The van der Waals surface area contributed by atoms with Crippen molar-refractivity contribution in [3.63, 3.8) is 0 Å². The molecule has 0 unspecified atom stereocenters. The van der Waals surface area contributed by atoms with Gasteiger partial charge in [-0.15, -0.1) is 11.3 Å². The Morgan fingerprint density at radius 1 is 0.987 bits per heavy atom. The fourth-order valence-electron chi connectivity index (χ4n) is 11.0. The minimum atomic E-state index is -1.59. The number of aliphatic hydroxyl groups is 1. The lowest BCUT2D eigenvalue weighted by molar-refractivity contribution is -0.145. The number of thiazole rings is 1. The molecule has 5 atom stereocenters. The van der Waals surface area contributed by atoms with Crippen molar-refractivity contribution in [2.24, 2.45) is 5.41 Å². The number of benzene rings is 3. The Morgan fingerprint density at radius 3 is 2.36 bits per heavy atom. The Bertz CT molecular complexity index is 2760. The molecule has 4 aliphatic rings. The van der Waals surface area contributed by atoms with Crippen LogP contribution in [0.2, 0.25) is 0 Å². The van der Waals surface area contributed by atoms with E-state index in [0.29, 0.717) is 38.6 Å². The molecule has 0 bridgehead atoms. The number of ether oxygens (including phenoxy) is 1. The first kappa shape index (κ1) is 55.5. The highest BCUT2D eigenvalue weighted by Crippen LogP contribution is 2.50. The molecule has 13 nitrogen and oxygen atoms in total. The summed E-state index contributed by atoms with van der Waals surface area (Å²) in [5.41, 5.74) is 6.64. The van der Waals surface area contributed by atoms with Crippen LogP contribution in [-0.2, 0) is 36.9 Å². The molecule has 0 spiro atoms. The third-order valence-electron chi connectivity index (χ3n) is 14.8. The highest BCUT2D eigenvalue weighted by Gasteiger charge is 2.45. The molecule has 4 aromatic rings. The van der Waals surface area contributed by atoms with Crippen molar-refractivity contribution in [1.29, 1.82) is 0 Å². The van der Waals surface area contributed by atoms with Gasteiger partial charge in [0.25, 0.3) is 0 Å². The molecule has 402 valence electrons. The van der Waals surface area contributed by atoms with Gasteiger partial charge in [-0.3, -0.25) is 24.1 Å². The molecular weight excluding hydrogens is 980 g/mol. The van der Waals surface area contributed by atoms with E-state index in [1.165, 1.54) is 43.0 Å². The zero-order chi connectivity index (χ0) is 53.8. The molecule has 75 heavy (non-hydrogen) atoms. The quantitative estimate of drug-likeness (QED) is 0.0572. The van der Waals surface area contributed by atoms with Crippen molar-refractivity contribution in [2.75, 3.05) is 45.9 Å². The second kappa shape index (κ2) is 23.7. The Kier molecular flexibility index (Phi) is 17.5. The molecule has 4 N–H and O–H groups in total. The molecule has 0 radical (unpaired) electrons. The molecule has 3 aliphatic heterocycles. The van der Waals surface area contributed by atoms with Gasteiger partial charge in [0.1, 0.15) is 36.0 Å². The van der Waals surface area contributed by atoms with E-state index < -0.39 is 64.7 Å². The van der Waals surface area contributed by atoms with Crippen molar-refractivity contribution in [3.8, 4) is 10.4 Å². The van der Waals surface area contributed by atoms with Crippen molar-refractivity contribution >= 4 is 46.6 Å². The zero-order valence-corrected chi connectivity index (χ0v) is 45.0. The first-order chi connectivity index (χ1) is 35.6. The van der Waals surface area contributed by atoms with Gasteiger partial charge in [0.05, 0.1) is 34.3 Å². The Morgan fingerprint density at radius 2 is 1.69 bits per heavy atom. The number of hydrogen-bond acceptors (Lipinski definition) is 10. The van der Waals surface area contributed by atoms with Crippen LogP contribution in [0.5, 0.6) is 0 Å². The van der Waals surface area contributed by atoms with Gasteiger partial charge in [-0.25, -0.2) is 18.2 Å². The maximum atomic E-state index is 16.2. The first-order valence-corrected chi connectivity index (χ1v) is 27.1. The molecule has 4 amide bonds. The van der Waals surface area contributed by atoms with Crippen LogP contribution in [0.1, 0.15) is 113 Å². The largest absolute Gasteiger partial charge is 0.391 e. The van der Waals surface area contributed by atoms with Crippen molar-refractivity contribution in [3.05, 3.63) is 123 Å². The molecule has 4 heterocycles. The average Bonchev–Trinajstić information content (AvgIpc) is 4.09. The van der Waals surface area contributed by atoms with Gasteiger partial charge in [-0.05, 0) is 129 Å². The number of β-amino-alcohol motifs (C(OH)–C–C–N with tert-alkyl or cyclic N) is 1. The van der Waals surface area contributed by atoms with Gasteiger partial charge in [-0.2, -0.15) is 0 Å². The van der Waals surface area contributed by atoms with Gasteiger partial charge in [-0.1, -0.05) is 69.3 Å². The van der Waals surface area contributed by atoms with E-state index in [4.69, 9.17) is 4.74 Å². The number of hydrogen-bond donors (Lipinski definition) is 4. The Hall–Kier alpha value is -5.72. The molecule has 3 aromatic carbocycles. The smallest absolute Gasteiger partial charge is 0.246 e. The SMILES string of the molecule is Cc1ncsc1-c1ccc(CNC(=O)[C@@H]2C[C@@H](O)CN2C(=O)[C@@H](NC(=O)COC2CCN(CCCNC(=O)/C=C/c3cc(F)c([C@@H]4C5=C(C[C@@H](C)N4CC(C)(C)F)c4ccccc4C5)c(F)c3)CC2)C(C)(C)C)cc1. The minimum absolute atomic E-state index is 0.0109. The Labute approximate surface area is 443 Å². The maximum absolute atomic E-state index is 16.2. The third-order valence-corrected chi connectivity index (χ3v) is 15.8. The highest BCUT2D eigenvalue weighted by molar-refractivity contribution is 7.13. The molecule has 0 saturated carbocycles. The number of fused-ring (bicyclic) bond motifs is 2. The maximum Gasteiger partial charge on any atom is 0.246 e. The van der Waals surface area contributed by atoms with Crippen molar-refractivity contribution < 1.29 is 42.2 Å². The zero-order valence-electron chi connectivity index (χ0n) is 44.2. The Balaban J connectivity index is 0.759. The number of nitrogens with zero attached hydrogens (tertiary/aromatic N) is 4. The number of amides is 4. The minimum Gasteiger partial charge on any atom is -0.391 e. The number of aliphatic hydroxyl groups excluding tert-OH is 1. The van der Waals surface area contributed by atoms with E-state index >= 15 is 13.2 Å². The van der Waals surface area contributed by atoms with E-state index in [2.05, 4.69) is 25.8 Å². The van der Waals surface area contributed by atoms with Crippen LogP contribution in [0, 0.1) is 24.0 Å². The number of halogens is 3. The van der Waals surface area contributed by atoms with Crippen molar-refractivity contribution in [2.45, 2.75) is 136 Å². The molecule has 2 saturated heterocycles. The van der Waals surface area contributed by atoms with Gasteiger partial charge in [0, 0.05) is 63.4 Å². The van der Waals surface area contributed by atoms with Crippen LogP contribution in [0.15, 0.2) is 77.8 Å². The van der Waals surface area contributed by atoms with Gasteiger partial charge in [0.2, 0.25) is 23.6 Å². The summed E-state index contributed by atoms with van der Waals surface area (Å²) in [7, 11) is 0. The second-order valence-corrected chi connectivity index (χ2v) is 23.2. The number of carbonyl (C=O) groups is 4. The topological polar surface area (TPSA) is 156 Å². The summed E-state index contributed by atoms with van der Waals surface area (Å²) in [4.78, 5) is 64.7. The van der Waals surface area contributed by atoms with Crippen molar-refractivity contribution in [1.82, 2.24) is 35.6 Å². The normalized spacial score (nSPS) is 21.1. The summed E-state index contributed by atoms with van der Waals surface area (Å²) in [6, 6.07) is 15.5. The highest BCUT2D eigenvalue weighted by atomic mass is 32.1. The predicted octanol–water partition coefficient (Wildman–Crippen LogP) is 8.10. The fraction of sp³-hybridized carbons (Fsp3) is 0.500. The van der Waals surface area contributed by atoms with Crippen LogP contribution in [-0.4, -0.2) is 130 Å². The summed E-state index contributed by atoms with van der Waals surface area (Å²) in [5, 5.41) is 19.3. The number of alkyl halides is 1. The van der Waals surface area contributed by atoms with E-state index in [1.54, 1.807) is 11.3 Å². The summed E-state index contributed by atoms with van der Waals surface area (Å²) in [5.74, 6) is -3.16. The number of likely N-dealkylation sites (tertiary alicyclic amines) is 2. The predicted molar refractivity (Wildman–Crippen MR) is 286 cm³/mol. The standard InChI is InChI=1S/C58H72F3N7O6S/c1-35-25-44-43-12-9-8-11-40(43)28-45(44)52(68(35)33-58(6,7)61)51-46(59)26-38(27-47(51)60)15-18-49(70)62-21-10-22-66-23-19-42(20-24-66)74-32-50(71)65-54(57(3,4)5)56(73)67-31-41(69)29-48(67)55(72)63-30-37-13-16-39(17-14-37)53-36(2)64-34-75-53/h8-9,11-18,26-27,34-35,41-42,48,52,54,69H,10,19-25,28-33H2,1-7H3,(H,62,70)(H,63,72)(H,65,71)/b18-15+/t35-,41-,48+,52+,54-/m1/s1. The average molecular weight is 1050 g/mol. The van der Waals surface area contributed by atoms with Crippen LogP contribution in [0.4, 0.5) is 13.2 Å². The molecule has 17 heteroatoms. The number of nitrogens with one attached hydrogen (secondary N) is 3. The fourth-order valence-corrected chi connectivity index (χ4v) is 11.8. The van der Waals surface area contributed by atoms with Crippen LogP contribution >= 0.6 is 11.3 Å². The molecular formula is C58H72F3N7O6S. The summed E-state index contributed by atoms with van der Waals surface area (Å²) in [6.45, 7) is 15.0. The lowest BCUT2D eigenvalue weighted by Gasteiger charge is -2.44. The van der Waals surface area contributed by atoms with E-state index in [1.807, 2.05) is 93.6 Å². The van der Waals surface area contributed by atoms with E-state index in [0.717, 1.165) is 63.6 Å². The van der Waals surface area contributed by atoms with Crippen LogP contribution in [0.3, 0.4) is 0 Å². The van der Waals surface area contributed by atoms with E-state index in [9.17, 15) is 24.3 Å². The number of carbonyl (C=O) groups excluding carboxylic acids is 4. The molecule has 8 rings (SSSR count). The van der Waals surface area contributed by atoms with Gasteiger partial charge < -0.3 is 35.6 Å². The monoisotopic (exact) mass is 1050 g/mol. The summed E-state index contributed by atoms with van der Waals surface area (Å²) < 4.78 is 53.6. The lowest BCUT2D eigenvalue weighted by Crippen LogP contribution is -2.58.